The number of phenolic OH excluding ortho intramolecular Hbond substituents is 1. The largest absolute Gasteiger partial charge is 0.506 e. The molecule has 0 amide bonds. The molecule has 3 aromatic carbocycles. The molecule has 0 aromatic heterocycles. The van der Waals surface area contributed by atoms with Gasteiger partial charge in [0.15, 0.2) is 11.6 Å². The summed E-state index contributed by atoms with van der Waals surface area (Å²) in [6.45, 7) is 0.360. The molecule has 1 aliphatic rings. The highest BCUT2D eigenvalue weighted by Gasteiger charge is 2.30. The summed E-state index contributed by atoms with van der Waals surface area (Å²) in [4.78, 5) is 36.2. The number of carboxylic acids is 1. The summed E-state index contributed by atoms with van der Waals surface area (Å²) in [6.07, 6.45) is -0.0447. The molecule has 144 valence electrons. The average Bonchev–Trinajstić information content (AvgIpc) is 2.71. The second kappa shape index (κ2) is 7.24. The van der Waals surface area contributed by atoms with Crippen LogP contribution in [0.5, 0.6) is 5.75 Å². The van der Waals surface area contributed by atoms with Crippen molar-refractivity contribution in [3.63, 3.8) is 0 Å². The van der Waals surface area contributed by atoms with E-state index < -0.39 is 5.97 Å². The number of rotatable bonds is 5. The van der Waals surface area contributed by atoms with E-state index in [-0.39, 0.29) is 34.9 Å². The number of hydrogen-bond donors (Lipinski definition) is 3. The molecule has 4 rings (SSSR count). The van der Waals surface area contributed by atoms with Crippen LogP contribution in [0.2, 0.25) is 0 Å². The Morgan fingerprint density at radius 1 is 0.793 bits per heavy atom. The van der Waals surface area contributed by atoms with Crippen LogP contribution >= 0.6 is 0 Å². The minimum atomic E-state index is -0.893. The van der Waals surface area contributed by atoms with E-state index in [1.54, 1.807) is 48.5 Å². The van der Waals surface area contributed by atoms with Gasteiger partial charge >= 0.3 is 5.97 Å². The van der Waals surface area contributed by atoms with Gasteiger partial charge in [0.25, 0.3) is 0 Å². The minimum Gasteiger partial charge on any atom is -0.506 e. The van der Waals surface area contributed by atoms with Gasteiger partial charge in [-0.15, -0.1) is 0 Å². The Bertz CT molecular complexity index is 1150. The monoisotopic (exact) mass is 387 g/mol. The maximum absolute atomic E-state index is 12.8. The van der Waals surface area contributed by atoms with Crippen molar-refractivity contribution in [1.82, 2.24) is 0 Å². The van der Waals surface area contributed by atoms with E-state index >= 15 is 0 Å². The molecular weight excluding hydrogens is 370 g/mol. The number of phenols is 1. The normalized spacial score (nSPS) is 12.3. The fourth-order valence-corrected chi connectivity index (χ4v) is 3.42. The highest BCUT2D eigenvalue weighted by Crippen LogP contribution is 2.34. The summed E-state index contributed by atoms with van der Waals surface area (Å²) in [5.41, 5.74) is 3.06. The van der Waals surface area contributed by atoms with E-state index in [0.717, 1.165) is 5.56 Å². The molecule has 0 unspecified atom stereocenters. The van der Waals surface area contributed by atoms with Gasteiger partial charge < -0.3 is 15.5 Å². The van der Waals surface area contributed by atoms with Gasteiger partial charge in [0.05, 0.1) is 12.1 Å². The number of carbonyl (C=O) groups is 3. The molecule has 0 saturated carbocycles. The number of fused-ring (bicyclic) bond motifs is 2. The van der Waals surface area contributed by atoms with Gasteiger partial charge in [0.2, 0.25) is 0 Å². The van der Waals surface area contributed by atoms with Gasteiger partial charge in [-0.1, -0.05) is 48.5 Å². The lowest BCUT2D eigenvalue weighted by atomic mass is 9.83. The summed E-state index contributed by atoms with van der Waals surface area (Å²) in [6, 6.07) is 16.5. The second-order valence-corrected chi connectivity index (χ2v) is 6.86. The smallest absolute Gasteiger partial charge is 0.307 e. The molecule has 29 heavy (non-hydrogen) atoms. The zero-order valence-electron chi connectivity index (χ0n) is 15.3. The topological polar surface area (TPSA) is 104 Å². The highest BCUT2D eigenvalue weighted by molar-refractivity contribution is 6.28. The quantitative estimate of drug-likeness (QED) is 0.454. The van der Waals surface area contributed by atoms with Crippen molar-refractivity contribution in [3.05, 3.63) is 94.0 Å². The average molecular weight is 387 g/mol. The van der Waals surface area contributed by atoms with Crippen molar-refractivity contribution < 1.29 is 24.6 Å². The third-order valence-electron chi connectivity index (χ3n) is 4.90. The van der Waals surface area contributed by atoms with Crippen LogP contribution in [0, 0.1) is 0 Å². The van der Waals surface area contributed by atoms with Crippen LogP contribution in [0.4, 0.5) is 5.69 Å². The van der Waals surface area contributed by atoms with Crippen LogP contribution in [-0.4, -0.2) is 27.7 Å². The number of aliphatic carboxylic acids is 1. The summed E-state index contributed by atoms with van der Waals surface area (Å²) in [7, 11) is 0. The van der Waals surface area contributed by atoms with E-state index in [2.05, 4.69) is 5.32 Å². The van der Waals surface area contributed by atoms with Crippen LogP contribution < -0.4 is 5.32 Å². The Hall–Kier alpha value is -3.93. The van der Waals surface area contributed by atoms with Crippen molar-refractivity contribution in [2.75, 3.05) is 5.32 Å². The number of aromatic hydroxyl groups is 1. The molecule has 6 nitrogen and oxygen atoms in total. The zero-order chi connectivity index (χ0) is 20.5. The van der Waals surface area contributed by atoms with Gasteiger partial charge in [-0.3, -0.25) is 14.4 Å². The molecule has 1 aliphatic carbocycles. The summed E-state index contributed by atoms with van der Waals surface area (Å²) in [5.74, 6) is -1.55. The Morgan fingerprint density at radius 2 is 1.34 bits per heavy atom. The van der Waals surface area contributed by atoms with E-state index in [1.807, 2.05) is 0 Å². The molecule has 0 bridgehead atoms. The van der Waals surface area contributed by atoms with Gasteiger partial charge in [-0.25, -0.2) is 0 Å². The third-order valence-corrected chi connectivity index (χ3v) is 4.90. The first-order valence-corrected chi connectivity index (χ1v) is 9.03. The van der Waals surface area contributed by atoms with Crippen LogP contribution in [0.15, 0.2) is 60.7 Å². The highest BCUT2D eigenvalue weighted by atomic mass is 16.4. The molecule has 0 aliphatic heterocycles. The molecule has 0 fully saturated rings. The summed E-state index contributed by atoms with van der Waals surface area (Å²) in [5, 5.41) is 22.2. The number of anilines is 1. The maximum atomic E-state index is 12.8. The van der Waals surface area contributed by atoms with Crippen LogP contribution in [0.3, 0.4) is 0 Å². The van der Waals surface area contributed by atoms with Crippen molar-refractivity contribution in [3.8, 4) is 5.75 Å². The molecule has 3 aromatic rings. The number of ketones is 2. The van der Waals surface area contributed by atoms with E-state index in [1.165, 1.54) is 12.1 Å². The fraction of sp³-hybridized carbons (Fsp3) is 0.0870. The molecule has 0 radical (unpaired) electrons. The lowest BCUT2D eigenvalue weighted by molar-refractivity contribution is -0.136. The molecule has 0 spiro atoms. The summed E-state index contributed by atoms with van der Waals surface area (Å²) >= 11 is 0. The van der Waals surface area contributed by atoms with Gasteiger partial charge in [0.1, 0.15) is 5.75 Å². The Labute approximate surface area is 166 Å². The van der Waals surface area contributed by atoms with Crippen molar-refractivity contribution in [1.29, 1.82) is 0 Å². The van der Waals surface area contributed by atoms with E-state index in [0.29, 0.717) is 28.9 Å². The van der Waals surface area contributed by atoms with Gasteiger partial charge in [-0.2, -0.15) is 0 Å². The molecule has 0 saturated heterocycles. The molecule has 3 N–H and O–H groups in total. The van der Waals surface area contributed by atoms with Crippen molar-refractivity contribution >= 4 is 23.2 Å². The minimum absolute atomic E-state index is 0.0447. The fourth-order valence-electron chi connectivity index (χ4n) is 3.42. The van der Waals surface area contributed by atoms with Gasteiger partial charge in [-0.05, 0) is 23.3 Å². The lowest BCUT2D eigenvalue weighted by Crippen LogP contribution is -2.21. The molecule has 6 heteroatoms. The van der Waals surface area contributed by atoms with Crippen molar-refractivity contribution in [2.45, 2.75) is 13.0 Å². The van der Waals surface area contributed by atoms with E-state index in [9.17, 15) is 19.5 Å². The molecule has 0 heterocycles. The molecular formula is C23H17NO5. The third kappa shape index (κ3) is 3.48. The van der Waals surface area contributed by atoms with Crippen LogP contribution in [0.25, 0.3) is 0 Å². The Balaban J connectivity index is 1.58. The first-order chi connectivity index (χ1) is 13.9. The number of carbonyl (C=O) groups excluding carboxylic acids is 2. The van der Waals surface area contributed by atoms with Crippen molar-refractivity contribution in [2.24, 2.45) is 0 Å². The Morgan fingerprint density at radius 3 is 1.93 bits per heavy atom. The van der Waals surface area contributed by atoms with Crippen LogP contribution in [-0.2, 0) is 17.8 Å². The number of hydrogen-bond acceptors (Lipinski definition) is 5. The number of nitrogens with one attached hydrogen (secondary N) is 1. The molecule has 0 atom stereocenters. The summed E-state index contributed by atoms with van der Waals surface area (Å²) < 4.78 is 0. The second-order valence-electron chi connectivity index (χ2n) is 6.86. The van der Waals surface area contributed by atoms with E-state index in [4.69, 9.17) is 5.11 Å². The standard InChI is InChI=1S/C23H17NO5/c25-20-11-18-17(22(28)15-3-1-2-4-16(15)23(18)29)10-19(20)24-12-14-7-5-13(6-8-14)9-21(26)27/h1-8,10-11,24-25H,9,12H2,(H,26,27). The van der Waals surface area contributed by atoms with Crippen LogP contribution in [0.1, 0.15) is 43.0 Å². The first kappa shape index (κ1) is 18.4. The van der Waals surface area contributed by atoms with Gasteiger partial charge in [0, 0.05) is 28.8 Å². The maximum Gasteiger partial charge on any atom is 0.307 e. The number of benzene rings is 3. The predicted molar refractivity (Wildman–Crippen MR) is 107 cm³/mol. The number of carboxylic acid groups (broad SMARTS) is 1. The Kier molecular flexibility index (Phi) is 4.60. The first-order valence-electron chi connectivity index (χ1n) is 9.03. The predicted octanol–water partition coefficient (Wildman–Crippen LogP) is 3.41. The lowest BCUT2D eigenvalue weighted by Gasteiger charge is -2.19. The SMILES string of the molecule is O=C(O)Cc1ccc(CNc2cc3c(cc2O)C(=O)c2ccccc2C3=O)cc1. The zero-order valence-corrected chi connectivity index (χ0v) is 15.3.